The van der Waals surface area contributed by atoms with Crippen molar-refractivity contribution < 1.29 is 29.3 Å². The van der Waals surface area contributed by atoms with E-state index in [1.165, 1.54) is 103 Å². The number of ether oxygens (including phenoxy) is 1. The van der Waals surface area contributed by atoms with Gasteiger partial charge in [-0.05, 0) is 25.7 Å². The maximum atomic E-state index is 11.6. The molecule has 0 spiro atoms. The standard InChI is InChI=1S/C33H62O6/c1-2-3-4-5-6-7-8-9-10-11-12-13-14-15-16-17-18-21-25-30(33(37)38)26-22-19-20-23-29-39-32(36)28-24-27-31(34)35/h30H,2-29H2,1H3,(H,34,35)(H,37,38)/t30-/m0/s1. The van der Waals surface area contributed by atoms with E-state index >= 15 is 0 Å². The largest absolute Gasteiger partial charge is 0.481 e. The minimum atomic E-state index is -0.900. The molecule has 1 atom stereocenters. The van der Waals surface area contributed by atoms with Crippen LogP contribution in [0.5, 0.6) is 0 Å². The number of carboxylic acids is 2. The lowest BCUT2D eigenvalue weighted by Crippen LogP contribution is -2.13. The molecule has 0 saturated carbocycles. The zero-order chi connectivity index (χ0) is 28.8. The number of esters is 1. The topological polar surface area (TPSA) is 101 Å². The first-order valence-electron chi connectivity index (χ1n) is 16.6. The van der Waals surface area contributed by atoms with Gasteiger partial charge in [-0.3, -0.25) is 14.4 Å². The molecule has 0 fully saturated rings. The van der Waals surface area contributed by atoms with Gasteiger partial charge in [-0.2, -0.15) is 0 Å². The monoisotopic (exact) mass is 554 g/mol. The lowest BCUT2D eigenvalue weighted by molar-refractivity contribution is -0.144. The van der Waals surface area contributed by atoms with E-state index < -0.39 is 11.9 Å². The molecule has 0 aromatic carbocycles. The van der Waals surface area contributed by atoms with E-state index in [1.54, 1.807) is 0 Å². The van der Waals surface area contributed by atoms with Gasteiger partial charge in [-0.15, -0.1) is 0 Å². The van der Waals surface area contributed by atoms with Crippen molar-refractivity contribution in [1.29, 1.82) is 0 Å². The summed E-state index contributed by atoms with van der Waals surface area (Å²) in [5.41, 5.74) is 0. The van der Waals surface area contributed by atoms with E-state index in [4.69, 9.17) is 9.84 Å². The number of carboxylic acid groups (broad SMARTS) is 2. The summed E-state index contributed by atoms with van der Waals surface area (Å²) in [5, 5.41) is 18.1. The summed E-state index contributed by atoms with van der Waals surface area (Å²) in [4.78, 5) is 33.5. The number of aliphatic carboxylic acids is 2. The predicted molar refractivity (Wildman–Crippen MR) is 160 cm³/mol. The average Bonchev–Trinajstić information content (AvgIpc) is 2.90. The summed E-state index contributed by atoms with van der Waals surface area (Å²) < 4.78 is 5.11. The molecule has 0 aliphatic carbocycles. The minimum Gasteiger partial charge on any atom is -0.481 e. The van der Waals surface area contributed by atoms with E-state index in [-0.39, 0.29) is 24.7 Å². The van der Waals surface area contributed by atoms with Crippen molar-refractivity contribution >= 4 is 17.9 Å². The highest BCUT2D eigenvalue weighted by molar-refractivity contribution is 5.71. The van der Waals surface area contributed by atoms with E-state index in [2.05, 4.69) is 6.92 Å². The van der Waals surface area contributed by atoms with Crippen LogP contribution in [-0.4, -0.2) is 34.7 Å². The second-order valence-electron chi connectivity index (χ2n) is 11.5. The van der Waals surface area contributed by atoms with Gasteiger partial charge in [0.2, 0.25) is 0 Å². The Bertz CT molecular complexity index is 577. The lowest BCUT2D eigenvalue weighted by Gasteiger charge is -2.12. The van der Waals surface area contributed by atoms with E-state index in [0.29, 0.717) is 13.0 Å². The fourth-order valence-corrected chi connectivity index (χ4v) is 5.17. The molecule has 0 bridgehead atoms. The maximum Gasteiger partial charge on any atom is 0.306 e. The summed E-state index contributed by atoms with van der Waals surface area (Å²) in [6.07, 6.45) is 29.6. The van der Waals surface area contributed by atoms with E-state index in [9.17, 15) is 19.5 Å². The third-order valence-corrected chi connectivity index (χ3v) is 7.74. The Kier molecular flexibility index (Phi) is 28.2. The molecule has 6 heteroatoms. The molecule has 0 aliphatic rings. The molecule has 0 unspecified atom stereocenters. The Labute approximate surface area is 240 Å². The molecule has 230 valence electrons. The van der Waals surface area contributed by atoms with Crippen LogP contribution in [0, 0.1) is 5.92 Å². The first-order chi connectivity index (χ1) is 19.0. The third-order valence-electron chi connectivity index (χ3n) is 7.74. The summed E-state index contributed by atoms with van der Waals surface area (Å²) in [5.74, 6) is -2.15. The Hall–Kier alpha value is -1.59. The molecule has 0 amide bonds. The molecule has 0 heterocycles. The molecule has 0 rings (SSSR count). The highest BCUT2D eigenvalue weighted by Crippen LogP contribution is 2.20. The number of unbranched alkanes of at least 4 members (excludes halogenated alkanes) is 20. The summed E-state index contributed by atoms with van der Waals surface area (Å²) >= 11 is 0. The molecule has 0 aromatic rings. The van der Waals surface area contributed by atoms with Crippen LogP contribution in [0.1, 0.15) is 180 Å². The fraction of sp³-hybridized carbons (Fsp3) is 0.909. The van der Waals surface area contributed by atoms with Crippen LogP contribution in [0.4, 0.5) is 0 Å². The quantitative estimate of drug-likeness (QED) is 0.0653. The van der Waals surface area contributed by atoms with Crippen LogP contribution >= 0.6 is 0 Å². The number of hydrogen-bond donors (Lipinski definition) is 2. The summed E-state index contributed by atoms with van der Waals surface area (Å²) in [7, 11) is 0. The van der Waals surface area contributed by atoms with Gasteiger partial charge in [-0.1, -0.05) is 142 Å². The second kappa shape index (κ2) is 29.4. The van der Waals surface area contributed by atoms with Crippen molar-refractivity contribution in [2.45, 2.75) is 180 Å². The van der Waals surface area contributed by atoms with Gasteiger partial charge < -0.3 is 14.9 Å². The molecular formula is C33H62O6. The van der Waals surface area contributed by atoms with E-state index in [0.717, 1.165) is 51.4 Å². The van der Waals surface area contributed by atoms with Gasteiger partial charge in [0.05, 0.1) is 12.5 Å². The zero-order valence-corrected chi connectivity index (χ0v) is 25.4. The first-order valence-corrected chi connectivity index (χ1v) is 16.6. The average molecular weight is 555 g/mol. The van der Waals surface area contributed by atoms with Gasteiger partial charge in [0.25, 0.3) is 0 Å². The third kappa shape index (κ3) is 29.2. The van der Waals surface area contributed by atoms with Crippen LogP contribution in [-0.2, 0) is 19.1 Å². The van der Waals surface area contributed by atoms with Crippen LogP contribution in [0.2, 0.25) is 0 Å². The van der Waals surface area contributed by atoms with Crippen LogP contribution in [0.25, 0.3) is 0 Å². The highest BCUT2D eigenvalue weighted by atomic mass is 16.5. The Balaban J connectivity index is 3.46. The maximum absolute atomic E-state index is 11.6. The molecular weight excluding hydrogens is 492 g/mol. The van der Waals surface area contributed by atoms with Gasteiger partial charge in [0.1, 0.15) is 0 Å². The van der Waals surface area contributed by atoms with Gasteiger partial charge in [-0.25, -0.2) is 0 Å². The van der Waals surface area contributed by atoms with Gasteiger partial charge in [0.15, 0.2) is 0 Å². The zero-order valence-electron chi connectivity index (χ0n) is 25.4. The van der Waals surface area contributed by atoms with Crippen molar-refractivity contribution in [2.24, 2.45) is 5.92 Å². The van der Waals surface area contributed by atoms with Gasteiger partial charge >= 0.3 is 17.9 Å². The molecule has 0 radical (unpaired) electrons. The Morgan fingerprint density at radius 3 is 1.28 bits per heavy atom. The van der Waals surface area contributed by atoms with Crippen molar-refractivity contribution in [1.82, 2.24) is 0 Å². The van der Waals surface area contributed by atoms with E-state index in [1.807, 2.05) is 0 Å². The van der Waals surface area contributed by atoms with Crippen molar-refractivity contribution in [3.05, 3.63) is 0 Å². The number of carbonyl (C=O) groups excluding carboxylic acids is 1. The summed E-state index contributed by atoms with van der Waals surface area (Å²) in [6, 6.07) is 0. The summed E-state index contributed by atoms with van der Waals surface area (Å²) in [6.45, 7) is 2.63. The van der Waals surface area contributed by atoms with Gasteiger partial charge in [0, 0.05) is 12.8 Å². The van der Waals surface area contributed by atoms with Crippen molar-refractivity contribution in [2.75, 3.05) is 6.61 Å². The molecule has 6 nitrogen and oxygen atoms in total. The first kappa shape index (κ1) is 37.4. The SMILES string of the molecule is CCCCCCCCCCCCCCCCCCCC[C@@H](CCCCCCOC(=O)CCCC(=O)O)C(=O)O. The molecule has 39 heavy (non-hydrogen) atoms. The number of carbonyl (C=O) groups is 3. The fourth-order valence-electron chi connectivity index (χ4n) is 5.17. The van der Waals surface area contributed by atoms with Crippen LogP contribution in [0.15, 0.2) is 0 Å². The number of rotatable bonds is 31. The lowest BCUT2D eigenvalue weighted by atomic mass is 9.94. The minimum absolute atomic E-state index is 0.0145. The molecule has 0 aliphatic heterocycles. The Morgan fingerprint density at radius 1 is 0.513 bits per heavy atom. The van der Waals surface area contributed by atoms with Crippen molar-refractivity contribution in [3.63, 3.8) is 0 Å². The molecule has 2 N–H and O–H groups in total. The number of hydrogen-bond acceptors (Lipinski definition) is 4. The Morgan fingerprint density at radius 2 is 0.897 bits per heavy atom. The molecule has 0 saturated heterocycles. The van der Waals surface area contributed by atoms with Crippen LogP contribution in [0.3, 0.4) is 0 Å². The second-order valence-corrected chi connectivity index (χ2v) is 11.5. The van der Waals surface area contributed by atoms with Crippen molar-refractivity contribution in [3.8, 4) is 0 Å². The van der Waals surface area contributed by atoms with Crippen LogP contribution < -0.4 is 0 Å². The molecule has 0 aromatic heterocycles. The highest BCUT2D eigenvalue weighted by Gasteiger charge is 2.16. The smallest absolute Gasteiger partial charge is 0.306 e. The predicted octanol–water partition coefficient (Wildman–Crippen LogP) is 9.87. The normalized spacial score (nSPS) is 11.9.